The molecule has 1 rings (SSSR count). The van der Waals surface area contributed by atoms with Crippen LogP contribution in [0, 0.1) is 5.92 Å². The summed E-state index contributed by atoms with van der Waals surface area (Å²) in [5, 5.41) is 0. The Kier molecular flexibility index (Phi) is 4.55. The molecule has 0 radical (unpaired) electrons. The molecule has 0 aliphatic carbocycles. The van der Waals surface area contributed by atoms with Crippen LogP contribution in [0.1, 0.15) is 13.3 Å². The second-order valence-electron chi connectivity index (χ2n) is 3.56. The van der Waals surface area contributed by atoms with E-state index in [1.54, 1.807) is 14.0 Å². The van der Waals surface area contributed by atoms with E-state index in [1.807, 2.05) is 0 Å². The first-order chi connectivity index (χ1) is 7.15. The van der Waals surface area contributed by atoms with Gasteiger partial charge in [0, 0.05) is 13.7 Å². The molecule has 1 heterocycles. The summed E-state index contributed by atoms with van der Waals surface area (Å²) in [4.78, 5) is 24.2. The molecule has 1 aliphatic heterocycles. The molecule has 0 bridgehead atoms. The molecule has 0 saturated carbocycles. The molecule has 0 aromatic carbocycles. The summed E-state index contributed by atoms with van der Waals surface area (Å²) in [6.07, 6.45) is 0.742. The molecule has 15 heavy (non-hydrogen) atoms. The third kappa shape index (κ3) is 3.51. The molecule has 1 fully saturated rings. The van der Waals surface area contributed by atoms with E-state index in [4.69, 9.17) is 9.47 Å². The van der Waals surface area contributed by atoms with Gasteiger partial charge in [0.05, 0.1) is 19.1 Å². The number of carbonyl (C=O) groups is 2. The zero-order chi connectivity index (χ0) is 11.3. The van der Waals surface area contributed by atoms with E-state index in [2.05, 4.69) is 0 Å². The lowest BCUT2D eigenvalue weighted by Crippen LogP contribution is -2.37. The van der Waals surface area contributed by atoms with Crippen molar-refractivity contribution in [2.45, 2.75) is 13.3 Å². The highest BCUT2D eigenvalue weighted by molar-refractivity contribution is 5.83. The average molecular weight is 215 g/mol. The topological polar surface area (TPSA) is 55.8 Å². The number of amides is 1. The van der Waals surface area contributed by atoms with Gasteiger partial charge in [-0.1, -0.05) is 0 Å². The van der Waals surface area contributed by atoms with Crippen LogP contribution in [-0.2, 0) is 19.1 Å². The van der Waals surface area contributed by atoms with E-state index in [0.29, 0.717) is 19.8 Å². The van der Waals surface area contributed by atoms with Gasteiger partial charge < -0.3 is 14.4 Å². The normalized spacial score (nSPS) is 20.0. The first-order valence-corrected chi connectivity index (χ1v) is 5.13. The third-order valence-corrected chi connectivity index (χ3v) is 2.33. The van der Waals surface area contributed by atoms with Crippen LogP contribution in [0.25, 0.3) is 0 Å². The highest BCUT2D eigenvalue weighted by Gasteiger charge is 2.27. The number of hydrogen-bond acceptors (Lipinski definition) is 4. The molecule has 1 atom stereocenters. The van der Waals surface area contributed by atoms with Crippen LogP contribution < -0.4 is 0 Å². The van der Waals surface area contributed by atoms with E-state index >= 15 is 0 Å². The fourth-order valence-corrected chi connectivity index (χ4v) is 1.52. The summed E-state index contributed by atoms with van der Waals surface area (Å²) in [6, 6.07) is 0. The van der Waals surface area contributed by atoms with Gasteiger partial charge in [-0.3, -0.25) is 9.59 Å². The minimum Gasteiger partial charge on any atom is -0.465 e. The van der Waals surface area contributed by atoms with Crippen molar-refractivity contribution in [2.75, 3.05) is 33.4 Å². The Morgan fingerprint density at radius 2 is 2.27 bits per heavy atom. The van der Waals surface area contributed by atoms with Crippen molar-refractivity contribution in [1.82, 2.24) is 4.90 Å². The Morgan fingerprint density at radius 3 is 2.80 bits per heavy atom. The molecule has 1 unspecified atom stereocenters. The smallest absolute Gasteiger partial charge is 0.325 e. The monoisotopic (exact) mass is 215 g/mol. The molecule has 0 aromatic rings. The van der Waals surface area contributed by atoms with Crippen molar-refractivity contribution in [3.05, 3.63) is 0 Å². The maximum atomic E-state index is 11.7. The van der Waals surface area contributed by atoms with Crippen LogP contribution in [0.2, 0.25) is 0 Å². The van der Waals surface area contributed by atoms with Gasteiger partial charge in [-0.05, 0) is 13.3 Å². The molecular formula is C10H17NO4. The van der Waals surface area contributed by atoms with Gasteiger partial charge in [-0.25, -0.2) is 0 Å². The Hall–Kier alpha value is -1.10. The van der Waals surface area contributed by atoms with Crippen LogP contribution in [0.3, 0.4) is 0 Å². The average Bonchev–Trinajstić information content (AvgIpc) is 2.69. The summed E-state index contributed by atoms with van der Waals surface area (Å²) >= 11 is 0. The van der Waals surface area contributed by atoms with Gasteiger partial charge in [-0.2, -0.15) is 0 Å². The number of nitrogens with zero attached hydrogens (tertiary/aromatic N) is 1. The largest absolute Gasteiger partial charge is 0.465 e. The van der Waals surface area contributed by atoms with Crippen molar-refractivity contribution >= 4 is 11.9 Å². The van der Waals surface area contributed by atoms with Gasteiger partial charge in [0.25, 0.3) is 0 Å². The highest BCUT2D eigenvalue weighted by Crippen LogP contribution is 2.14. The first kappa shape index (κ1) is 12.0. The quantitative estimate of drug-likeness (QED) is 0.621. The Bertz CT molecular complexity index is 236. The molecule has 5 nitrogen and oxygen atoms in total. The SMILES string of the molecule is CCOC(=O)CN(C)C(=O)C1CCOC1. The number of hydrogen-bond donors (Lipinski definition) is 0. The maximum Gasteiger partial charge on any atom is 0.325 e. The van der Waals surface area contributed by atoms with Gasteiger partial charge in [0.2, 0.25) is 5.91 Å². The summed E-state index contributed by atoms with van der Waals surface area (Å²) in [5.41, 5.74) is 0. The fourth-order valence-electron chi connectivity index (χ4n) is 1.52. The van der Waals surface area contributed by atoms with Crippen LogP contribution in [0.5, 0.6) is 0 Å². The summed E-state index contributed by atoms with van der Waals surface area (Å²) in [5.74, 6) is -0.503. The van der Waals surface area contributed by atoms with Crippen molar-refractivity contribution in [2.24, 2.45) is 5.92 Å². The lowest BCUT2D eigenvalue weighted by molar-refractivity contribution is -0.149. The highest BCUT2D eigenvalue weighted by atomic mass is 16.5. The van der Waals surface area contributed by atoms with Gasteiger partial charge in [0.15, 0.2) is 0 Å². The number of carbonyl (C=O) groups excluding carboxylic acids is 2. The predicted molar refractivity (Wildman–Crippen MR) is 53.2 cm³/mol. The summed E-state index contributed by atoms with van der Waals surface area (Å²) in [6.45, 7) is 3.19. The molecule has 1 aliphatic rings. The molecule has 1 amide bonds. The first-order valence-electron chi connectivity index (χ1n) is 5.13. The molecular weight excluding hydrogens is 198 g/mol. The molecule has 5 heteroatoms. The molecule has 1 saturated heterocycles. The molecule has 0 N–H and O–H groups in total. The molecule has 0 spiro atoms. The fraction of sp³-hybridized carbons (Fsp3) is 0.800. The second kappa shape index (κ2) is 5.70. The summed E-state index contributed by atoms with van der Waals surface area (Å²) in [7, 11) is 1.61. The van der Waals surface area contributed by atoms with E-state index in [9.17, 15) is 9.59 Å². The Balaban J connectivity index is 2.35. The van der Waals surface area contributed by atoms with E-state index in [0.717, 1.165) is 6.42 Å². The number of likely N-dealkylation sites (N-methyl/N-ethyl adjacent to an activating group) is 1. The zero-order valence-corrected chi connectivity index (χ0v) is 9.19. The van der Waals surface area contributed by atoms with E-state index in [-0.39, 0.29) is 24.3 Å². The van der Waals surface area contributed by atoms with Crippen molar-refractivity contribution in [3.8, 4) is 0 Å². The maximum absolute atomic E-state index is 11.7. The van der Waals surface area contributed by atoms with Crippen molar-refractivity contribution in [3.63, 3.8) is 0 Å². The number of esters is 1. The van der Waals surface area contributed by atoms with Gasteiger partial charge >= 0.3 is 5.97 Å². The summed E-state index contributed by atoms with van der Waals surface area (Å²) < 4.78 is 9.88. The van der Waals surface area contributed by atoms with Crippen molar-refractivity contribution in [1.29, 1.82) is 0 Å². The zero-order valence-electron chi connectivity index (χ0n) is 9.19. The Morgan fingerprint density at radius 1 is 1.53 bits per heavy atom. The van der Waals surface area contributed by atoms with Crippen LogP contribution in [0.15, 0.2) is 0 Å². The third-order valence-electron chi connectivity index (χ3n) is 2.33. The van der Waals surface area contributed by atoms with Crippen LogP contribution >= 0.6 is 0 Å². The predicted octanol–water partition coefficient (Wildman–Crippen LogP) is 0.0444. The molecule has 0 aromatic heterocycles. The number of ether oxygens (including phenoxy) is 2. The van der Waals surface area contributed by atoms with E-state index < -0.39 is 0 Å². The lowest BCUT2D eigenvalue weighted by Gasteiger charge is -2.18. The van der Waals surface area contributed by atoms with Gasteiger partial charge in [-0.15, -0.1) is 0 Å². The molecule has 86 valence electrons. The second-order valence-corrected chi connectivity index (χ2v) is 3.56. The minimum absolute atomic E-state index is 0.0170. The standard InChI is InChI=1S/C10H17NO4/c1-3-15-9(12)6-11(2)10(13)8-4-5-14-7-8/h8H,3-7H2,1-2H3. The lowest BCUT2D eigenvalue weighted by atomic mass is 10.1. The van der Waals surface area contributed by atoms with Crippen LogP contribution in [0.4, 0.5) is 0 Å². The van der Waals surface area contributed by atoms with Crippen molar-refractivity contribution < 1.29 is 19.1 Å². The van der Waals surface area contributed by atoms with E-state index in [1.165, 1.54) is 4.90 Å². The minimum atomic E-state index is -0.368. The number of rotatable bonds is 4. The van der Waals surface area contributed by atoms with Crippen LogP contribution in [-0.4, -0.2) is 50.2 Å². The Labute approximate surface area is 89.3 Å². The van der Waals surface area contributed by atoms with Gasteiger partial charge in [0.1, 0.15) is 6.54 Å².